The number of allylic oxidation sites excluding steroid dienone is 3. The summed E-state index contributed by atoms with van der Waals surface area (Å²) in [7, 11) is 0. The zero-order valence-corrected chi connectivity index (χ0v) is 20.8. The van der Waals surface area contributed by atoms with Crippen LogP contribution in [0.25, 0.3) is 44.2 Å². The van der Waals surface area contributed by atoms with Gasteiger partial charge in [0.05, 0.1) is 22.4 Å². The van der Waals surface area contributed by atoms with Crippen molar-refractivity contribution in [1.82, 2.24) is 4.57 Å². The highest BCUT2D eigenvalue weighted by Gasteiger charge is 2.20. The number of benzene rings is 5. The summed E-state index contributed by atoms with van der Waals surface area (Å²) in [5.74, 6) is 0. The summed E-state index contributed by atoms with van der Waals surface area (Å²) < 4.78 is 2.34. The van der Waals surface area contributed by atoms with Crippen molar-refractivity contribution < 1.29 is 0 Å². The van der Waals surface area contributed by atoms with Gasteiger partial charge in [0, 0.05) is 28.2 Å². The Labute approximate surface area is 221 Å². The highest BCUT2D eigenvalue weighted by atomic mass is 15.5. The second-order valence-electron chi connectivity index (χ2n) is 9.42. The van der Waals surface area contributed by atoms with Crippen LogP contribution in [0.4, 0.5) is 11.4 Å². The predicted octanol–water partition coefficient (Wildman–Crippen LogP) is 9.16. The van der Waals surface area contributed by atoms with E-state index in [1.54, 1.807) is 0 Å². The maximum Gasteiger partial charge on any atom is 0.0737 e. The molecule has 0 saturated heterocycles. The smallest absolute Gasteiger partial charge is 0.0737 e. The molecule has 0 radical (unpaired) electrons. The van der Waals surface area contributed by atoms with Gasteiger partial charge in [0.15, 0.2) is 0 Å². The van der Waals surface area contributed by atoms with Crippen LogP contribution in [0.3, 0.4) is 0 Å². The Morgan fingerprint density at radius 2 is 1.32 bits per heavy atom. The van der Waals surface area contributed by atoms with Crippen LogP contribution >= 0.6 is 0 Å². The summed E-state index contributed by atoms with van der Waals surface area (Å²) in [6.45, 7) is 4.45. The first-order valence-electron chi connectivity index (χ1n) is 12.8. The summed E-state index contributed by atoms with van der Waals surface area (Å²) in [6.07, 6.45) is 5.81. The van der Waals surface area contributed by atoms with Crippen LogP contribution in [-0.2, 0) is 0 Å². The molecule has 0 N–H and O–H groups in total. The molecule has 0 bridgehead atoms. The number of anilines is 2. The summed E-state index contributed by atoms with van der Waals surface area (Å²) in [6, 6.07) is 42.6. The lowest BCUT2D eigenvalue weighted by atomic mass is 9.92. The Morgan fingerprint density at radius 3 is 2.13 bits per heavy atom. The second-order valence-corrected chi connectivity index (χ2v) is 9.42. The van der Waals surface area contributed by atoms with Gasteiger partial charge in [-0.05, 0) is 71.3 Å². The molecule has 180 valence electrons. The third-order valence-corrected chi connectivity index (χ3v) is 7.16. The van der Waals surface area contributed by atoms with Crippen LogP contribution < -0.4 is 5.01 Å². The fraction of sp³-hybridized carbons (Fsp3) is 0. The van der Waals surface area contributed by atoms with Gasteiger partial charge in [0.25, 0.3) is 0 Å². The third kappa shape index (κ3) is 3.56. The molecule has 3 nitrogen and oxygen atoms in total. The molecule has 1 aromatic heterocycles. The molecule has 0 atom stereocenters. The fourth-order valence-electron chi connectivity index (χ4n) is 5.48. The Bertz CT molecular complexity index is 1880. The minimum Gasteiger partial charge on any atom is -0.309 e. The SMILES string of the molecule is C=C1/C=C\C=N/N(c2ccccc2)c2cccc(-c3ccc4c(c3)c3ccccc3n4-c3ccccc3)c21. The largest absolute Gasteiger partial charge is 0.309 e. The van der Waals surface area contributed by atoms with Crippen LogP contribution in [0.2, 0.25) is 0 Å². The number of fused-ring (bicyclic) bond motifs is 4. The van der Waals surface area contributed by atoms with Crippen molar-refractivity contribution in [1.29, 1.82) is 0 Å². The van der Waals surface area contributed by atoms with Gasteiger partial charge in [-0.25, -0.2) is 5.01 Å². The van der Waals surface area contributed by atoms with Crippen LogP contribution in [0.15, 0.2) is 145 Å². The Balaban J connectivity index is 1.47. The van der Waals surface area contributed by atoms with E-state index in [4.69, 9.17) is 5.10 Å². The van der Waals surface area contributed by atoms with Crippen molar-refractivity contribution in [3.8, 4) is 16.8 Å². The molecule has 38 heavy (non-hydrogen) atoms. The molecular formula is C35H25N3. The standard InChI is InChI=1S/C35H25N3/c1-25-12-11-23-36-38(28-15-6-3-7-16-28)34-20-10-18-29(35(25)34)26-21-22-33-31(24-26)30-17-8-9-19-32(30)37(33)27-13-4-2-5-14-27/h2-24H,1H2/b12-11-,36-23-. The maximum absolute atomic E-state index is 4.77. The Hall–Kier alpha value is -5.15. The van der Waals surface area contributed by atoms with Gasteiger partial charge < -0.3 is 4.57 Å². The molecule has 1 aliphatic rings. The van der Waals surface area contributed by atoms with Crippen molar-refractivity contribution in [2.24, 2.45) is 5.10 Å². The van der Waals surface area contributed by atoms with E-state index < -0.39 is 0 Å². The monoisotopic (exact) mass is 487 g/mol. The zero-order valence-electron chi connectivity index (χ0n) is 20.8. The summed E-state index contributed by atoms with van der Waals surface area (Å²) in [4.78, 5) is 0. The quantitative estimate of drug-likeness (QED) is 0.244. The van der Waals surface area contributed by atoms with Crippen molar-refractivity contribution in [3.05, 3.63) is 146 Å². The summed E-state index contributed by atoms with van der Waals surface area (Å²) in [5.41, 5.74) is 9.88. The first-order valence-corrected chi connectivity index (χ1v) is 12.8. The average Bonchev–Trinajstić information content (AvgIpc) is 3.30. The van der Waals surface area contributed by atoms with Gasteiger partial charge in [0.2, 0.25) is 0 Å². The van der Waals surface area contributed by atoms with Crippen molar-refractivity contribution in [3.63, 3.8) is 0 Å². The van der Waals surface area contributed by atoms with E-state index >= 15 is 0 Å². The normalized spacial score (nSPS) is 14.7. The molecule has 5 aromatic carbocycles. The lowest BCUT2D eigenvalue weighted by molar-refractivity contribution is 1.09. The molecule has 0 fully saturated rings. The molecule has 6 aromatic rings. The highest BCUT2D eigenvalue weighted by Crippen LogP contribution is 2.42. The highest BCUT2D eigenvalue weighted by molar-refractivity contribution is 6.11. The number of rotatable bonds is 3. The van der Waals surface area contributed by atoms with Crippen LogP contribution in [0.1, 0.15) is 5.56 Å². The molecule has 7 rings (SSSR count). The number of hydrogen-bond donors (Lipinski definition) is 0. The maximum atomic E-state index is 4.77. The fourth-order valence-corrected chi connectivity index (χ4v) is 5.48. The van der Waals surface area contributed by atoms with E-state index in [0.29, 0.717) is 0 Å². The molecule has 0 amide bonds. The number of hydrazone groups is 1. The lowest BCUT2D eigenvalue weighted by Gasteiger charge is -2.25. The zero-order chi connectivity index (χ0) is 25.5. The third-order valence-electron chi connectivity index (χ3n) is 7.16. The topological polar surface area (TPSA) is 20.5 Å². The Kier molecular flexibility index (Phi) is 5.26. The van der Waals surface area contributed by atoms with Crippen LogP contribution in [-0.4, -0.2) is 10.8 Å². The number of para-hydroxylation sites is 3. The molecule has 0 spiro atoms. The van der Waals surface area contributed by atoms with Gasteiger partial charge in [-0.1, -0.05) is 85.5 Å². The van der Waals surface area contributed by atoms with Crippen molar-refractivity contribution in [2.75, 3.05) is 5.01 Å². The first kappa shape index (κ1) is 22.1. The minimum absolute atomic E-state index is 0.953. The predicted molar refractivity (Wildman–Crippen MR) is 161 cm³/mol. The Morgan fingerprint density at radius 1 is 0.605 bits per heavy atom. The van der Waals surface area contributed by atoms with Crippen molar-refractivity contribution >= 4 is 45.0 Å². The number of hydrogen-bond acceptors (Lipinski definition) is 2. The van der Waals surface area contributed by atoms with E-state index in [2.05, 4.69) is 114 Å². The summed E-state index contributed by atoms with van der Waals surface area (Å²) >= 11 is 0. The van der Waals surface area contributed by atoms with E-state index in [1.807, 2.05) is 41.6 Å². The molecular weight excluding hydrogens is 462 g/mol. The van der Waals surface area contributed by atoms with Crippen LogP contribution in [0.5, 0.6) is 0 Å². The molecule has 1 aliphatic heterocycles. The average molecular weight is 488 g/mol. The van der Waals surface area contributed by atoms with E-state index in [9.17, 15) is 0 Å². The molecule has 0 saturated carbocycles. The molecule has 2 heterocycles. The van der Waals surface area contributed by atoms with Crippen molar-refractivity contribution in [2.45, 2.75) is 0 Å². The summed E-state index contributed by atoms with van der Waals surface area (Å²) in [5, 5.41) is 9.23. The van der Waals surface area contributed by atoms with E-state index in [-0.39, 0.29) is 0 Å². The molecule has 0 aliphatic carbocycles. The van der Waals surface area contributed by atoms with E-state index in [1.165, 1.54) is 21.8 Å². The first-order chi connectivity index (χ1) is 18.8. The van der Waals surface area contributed by atoms with Gasteiger partial charge >= 0.3 is 0 Å². The molecule has 0 unspecified atom stereocenters. The second kappa shape index (κ2) is 9.06. The van der Waals surface area contributed by atoms with Gasteiger partial charge in [0.1, 0.15) is 0 Å². The van der Waals surface area contributed by atoms with Crippen LogP contribution in [0, 0.1) is 0 Å². The number of aromatic nitrogens is 1. The number of nitrogens with zero attached hydrogens (tertiary/aromatic N) is 3. The minimum atomic E-state index is 0.953. The van der Waals surface area contributed by atoms with Gasteiger partial charge in [-0.2, -0.15) is 5.10 Å². The van der Waals surface area contributed by atoms with Gasteiger partial charge in [-0.3, -0.25) is 0 Å². The lowest BCUT2D eigenvalue weighted by Crippen LogP contribution is -2.12. The molecule has 3 heteroatoms. The van der Waals surface area contributed by atoms with E-state index in [0.717, 1.165) is 39.3 Å². The van der Waals surface area contributed by atoms with Gasteiger partial charge in [-0.15, -0.1) is 0 Å².